The van der Waals surface area contributed by atoms with Crippen LogP contribution in [0.25, 0.3) is 0 Å². The molecule has 1 N–H and O–H groups in total. The molecule has 0 atom stereocenters. The lowest BCUT2D eigenvalue weighted by atomic mass is 10.2. The standard InChI is InChI=1S/C13H9Cl2NO2S/c14-10-5-6-12(15)16-11(10)7-19-9-3-1-8(2-4-9)13(17)18/h1-6H,7H2,(H,17,18). The van der Waals surface area contributed by atoms with Crippen LogP contribution in [0.5, 0.6) is 0 Å². The van der Waals surface area contributed by atoms with Gasteiger partial charge in [-0.3, -0.25) is 0 Å². The van der Waals surface area contributed by atoms with Gasteiger partial charge in [0.2, 0.25) is 0 Å². The van der Waals surface area contributed by atoms with E-state index in [4.69, 9.17) is 28.3 Å². The Morgan fingerprint density at radius 1 is 1.16 bits per heavy atom. The molecule has 98 valence electrons. The molecule has 0 aliphatic rings. The summed E-state index contributed by atoms with van der Waals surface area (Å²) in [5.41, 5.74) is 0.977. The van der Waals surface area contributed by atoms with Crippen LogP contribution in [0, 0.1) is 0 Å². The number of rotatable bonds is 4. The number of carboxylic acids is 1. The molecule has 0 saturated carbocycles. The number of hydrogen-bond acceptors (Lipinski definition) is 3. The SMILES string of the molecule is O=C(O)c1ccc(SCc2nc(Cl)ccc2Cl)cc1. The zero-order valence-corrected chi connectivity index (χ0v) is 12.0. The second-order valence-corrected chi connectivity index (χ2v) is 5.52. The summed E-state index contributed by atoms with van der Waals surface area (Å²) < 4.78 is 0. The zero-order chi connectivity index (χ0) is 13.8. The quantitative estimate of drug-likeness (QED) is 0.672. The van der Waals surface area contributed by atoms with E-state index < -0.39 is 5.97 Å². The molecule has 0 saturated heterocycles. The number of hydrogen-bond donors (Lipinski definition) is 1. The zero-order valence-electron chi connectivity index (χ0n) is 9.64. The number of benzene rings is 1. The molecular weight excluding hydrogens is 305 g/mol. The van der Waals surface area contributed by atoms with Gasteiger partial charge < -0.3 is 5.11 Å². The number of carbonyl (C=O) groups is 1. The molecule has 19 heavy (non-hydrogen) atoms. The highest BCUT2D eigenvalue weighted by Crippen LogP contribution is 2.26. The van der Waals surface area contributed by atoms with Crippen LogP contribution in [0.3, 0.4) is 0 Å². The molecule has 1 heterocycles. The molecule has 6 heteroatoms. The number of aromatic carboxylic acids is 1. The third-order valence-corrected chi connectivity index (χ3v) is 3.94. The smallest absolute Gasteiger partial charge is 0.335 e. The maximum Gasteiger partial charge on any atom is 0.335 e. The first-order valence-electron chi connectivity index (χ1n) is 5.33. The predicted octanol–water partition coefficient (Wildman–Crippen LogP) is 4.38. The maximum atomic E-state index is 10.7. The van der Waals surface area contributed by atoms with Crippen LogP contribution in [0.1, 0.15) is 16.1 Å². The van der Waals surface area contributed by atoms with E-state index in [-0.39, 0.29) is 5.56 Å². The number of carboxylic acid groups (broad SMARTS) is 1. The number of aromatic nitrogens is 1. The van der Waals surface area contributed by atoms with Gasteiger partial charge >= 0.3 is 5.97 Å². The highest BCUT2D eigenvalue weighted by Gasteiger charge is 2.06. The van der Waals surface area contributed by atoms with Crippen molar-refractivity contribution in [3.05, 3.63) is 57.8 Å². The Balaban J connectivity index is 2.06. The van der Waals surface area contributed by atoms with Crippen molar-refractivity contribution in [1.29, 1.82) is 0 Å². The predicted molar refractivity (Wildman–Crippen MR) is 77.2 cm³/mol. The van der Waals surface area contributed by atoms with Gasteiger partial charge in [0.1, 0.15) is 5.15 Å². The van der Waals surface area contributed by atoms with Gasteiger partial charge in [-0.2, -0.15) is 0 Å². The minimum absolute atomic E-state index is 0.267. The van der Waals surface area contributed by atoms with Crippen LogP contribution in [0.15, 0.2) is 41.3 Å². The molecule has 0 amide bonds. The van der Waals surface area contributed by atoms with Crippen molar-refractivity contribution in [3.8, 4) is 0 Å². The van der Waals surface area contributed by atoms with E-state index in [0.717, 1.165) is 4.90 Å². The van der Waals surface area contributed by atoms with Crippen molar-refractivity contribution in [1.82, 2.24) is 4.98 Å². The topological polar surface area (TPSA) is 50.2 Å². The average molecular weight is 314 g/mol. The second kappa shape index (κ2) is 6.28. The molecule has 0 aliphatic heterocycles. The molecule has 2 aromatic rings. The van der Waals surface area contributed by atoms with Crippen molar-refractivity contribution in [3.63, 3.8) is 0 Å². The summed E-state index contributed by atoms with van der Waals surface area (Å²) in [7, 11) is 0. The van der Waals surface area contributed by atoms with Gasteiger partial charge in [0.05, 0.1) is 16.3 Å². The number of halogens is 2. The van der Waals surface area contributed by atoms with Crippen LogP contribution in [0.2, 0.25) is 10.2 Å². The van der Waals surface area contributed by atoms with E-state index in [1.165, 1.54) is 11.8 Å². The van der Waals surface area contributed by atoms with Crippen molar-refractivity contribution >= 4 is 40.9 Å². The normalized spacial score (nSPS) is 10.4. The molecule has 0 spiro atoms. The van der Waals surface area contributed by atoms with Crippen LogP contribution >= 0.6 is 35.0 Å². The van der Waals surface area contributed by atoms with Crippen LogP contribution in [0.4, 0.5) is 0 Å². The summed E-state index contributed by atoms with van der Waals surface area (Å²) in [5, 5.41) is 9.77. The molecule has 0 radical (unpaired) electrons. The minimum atomic E-state index is -0.934. The number of thioether (sulfide) groups is 1. The molecule has 1 aromatic carbocycles. The number of nitrogens with zero attached hydrogens (tertiary/aromatic N) is 1. The van der Waals surface area contributed by atoms with Gasteiger partial charge in [-0.05, 0) is 36.4 Å². The summed E-state index contributed by atoms with van der Waals surface area (Å²) in [6, 6.07) is 9.99. The Bertz CT molecular complexity index is 602. The Hall–Kier alpha value is -1.23. The number of pyridine rings is 1. The summed E-state index contributed by atoms with van der Waals surface area (Å²) in [6.07, 6.45) is 0. The lowest BCUT2D eigenvalue weighted by Crippen LogP contribution is -1.95. The average Bonchev–Trinajstić information content (AvgIpc) is 2.40. The molecule has 0 bridgehead atoms. The van der Waals surface area contributed by atoms with E-state index in [9.17, 15) is 4.79 Å². The third kappa shape index (κ3) is 3.86. The molecular formula is C13H9Cl2NO2S. The highest BCUT2D eigenvalue weighted by atomic mass is 35.5. The molecule has 0 fully saturated rings. The maximum absolute atomic E-state index is 10.7. The fraction of sp³-hybridized carbons (Fsp3) is 0.0769. The Morgan fingerprint density at radius 2 is 1.84 bits per heavy atom. The Morgan fingerprint density at radius 3 is 2.47 bits per heavy atom. The summed E-state index contributed by atoms with van der Waals surface area (Å²) >= 11 is 13.3. The Kier molecular flexibility index (Phi) is 4.69. The van der Waals surface area contributed by atoms with Crippen molar-refractivity contribution in [2.24, 2.45) is 0 Å². The monoisotopic (exact) mass is 313 g/mol. The summed E-state index contributed by atoms with van der Waals surface area (Å²) in [6.45, 7) is 0. The van der Waals surface area contributed by atoms with Gasteiger partial charge in [-0.15, -0.1) is 11.8 Å². The molecule has 2 rings (SSSR count). The van der Waals surface area contributed by atoms with Crippen molar-refractivity contribution in [2.45, 2.75) is 10.6 Å². The minimum Gasteiger partial charge on any atom is -0.478 e. The molecule has 3 nitrogen and oxygen atoms in total. The second-order valence-electron chi connectivity index (χ2n) is 3.68. The van der Waals surface area contributed by atoms with Crippen LogP contribution in [-0.4, -0.2) is 16.1 Å². The van der Waals surface area contributed by atoms with Crippen LogP contribution in [-0.2, 0) is 5.75 Å². The van der Waals surface area contributed by atoms with E-state index >= 15 is 0 Å². The van der Waals surface area contributed by atoms with Gasteiger partial charge in [0.15, 0.2) is 0 Å². The first-order chi connectivity index (χ1) is 9.06. The molecule has 0 unspecified atom stereocenters. The van der Waals surface area contributed by atoms with E-state index in [0.29, 0.717) is 21.6 Å². The first-order valence-corrected chi connectivity index (χ1v) is 7.07. The van der Waals surface area contributed by atoms with Gasteiger partial charge in [-0.25, -0.2) is 9.78 Å². The summed E-state index contributed by atoms with van der Waals surface area (Å²) in [4.78, 5) is 15.8. The van der Waals surface area contributed by atoms with Crippen molar-refractivity contribution in [2.75, 3.05) is 0 Å². The van der Waals surface area contributed by atoms with E-state index in [1.807, 2.05) is 0 Å². The van der Waals surface area contributed by atoms with E-state index in [1.54, 1.807) is 36.4 Å². The molecule has 1 aromatic heterocycles. The van der Waals surface area contributed by atoms with Crippen molar-refractivity contribution < 1.29 is 9.90 Å². The largest absolute Gasteiger partial charge is 0.478 e. The Labute approximate surface area is 124 Å². The first kappa shape index (κ1) is 14.2. The molecule has 0 aliphatic carbocycles. The van der Waals surface area contributed by atoms with Gasteiger partial charge in [0.25, 0.3) is 0 Å². The van der Waals surface area contributed by atoms with Gasteiger partial charge in [-0.1, -0.05) is 23.2 Å². The van der Waals surface area contributed by atoms with Gasteiger partial charge in [0, 0.05) is 10.6 Å². The van der Waals surface area contributed by atoms with Crippen LogP contribution < -0.4 is 0 Å². The fourth-order valence-electron chi connectivity index (χ4n) is 1.40. The fourth-order valence-corrected chi connectivity index (χ4v) is 2.67. The third-order valence-electron chi connectivity index (χ3n) is 2.36. The van der Waals surface area contributed by atoms with E-state index in [2.05, 4.69) is 4.98 Å². The lowest BCUT2D eigenvalue weighted by molar-refractivity contribution is 0.0697. The summed E-state index contributed by atoms with van der Waals surface area (Å²) in [5.74, 6) is -0.359. The lowest BCUT2D eigenvalue weighted by Gasteiger charge is -2.04. The highest BCUT2D eigenvalue weighted by molar-refractivity contribution is 7.98.